The number of Topliss-reactive ketones (excluding diaryl/α,β-unsaturated/α-hetero) is 1. The van der Waals surface area contributed by atoms with Gasteiger partial charge in [-0.3, -0.25) is 14.5 Å². The molecule has 1 aliphatic heterocycles. The summed E-state index contributed by atoms with van der Waals surface area (Å²) in [6, 6.07) is 18.3. The molecule has 3 rings (SSSR count). The zero-order valence-electron chi connectivity index (χ0n) is 14.5. The average Bonchev–Trinajstić information content (AvgIpc) is 2.69. The first-order valence-corrected chi connectivity index (χ1v) is 8.77. The molecule has 2 aromatic rings. The van der Waals surface area contributed by atoms with E-state index in [4.69, 9.17) is 5.26 Å². The lowest BCUT2D eigenvalue weighted by Crippen LogP contribution is -2.40. The number of nitrogens with zero attached hydrogens (tertiary/aromatic N) is 2. The second kappa shape index (κ2) is 8.41. The smallest absolute Gasteiger partial charge is 0.238 e. The van der Waals surface area contributed by atoms with Crippen LogP contribution in [-0.2, 0) is 4.79 Å². The zero-order valence-corrected chi connectivity index (χ0v) is 14.5. The highest BCUT2D eigenvalue weighted by Gasteiger charge is 2.26. The Kier molecular flexibility index (Phi) is 5.77. The number of nitriles is 1. The van der Waals surface area contributed by atoms with Crippen molar-refractivity contribution in [3.05, 3.63) is 65.7 Å². The Bertz CT molecular complexity index is 801. The van der Waals surface area contributed by atoms with Crippen molar-refractivity contribution in [2.24, 2.45) is 5.92 Å². The molecule has 132 valence electrons. The number of carbonyl (C=O) groups is 2. The molecule has 5 heteroatoms. The standard InChI is InChI=1S/C21H21N3O2/c22-14-16-6-8-19(9-7-16)23-20(25)15-24-12-10-18(11-13-24)21(26)17-4-2-1-3-5-17/h1-9,18H,10-13,15H2,(H,23,25). The lowest BCUT2D eigenvalue weighted by molar-refractivity contribution is -0.117. The quantitative estimate of drug-likeness (QED) is 0.844. The first-order chi connectivity index (χ1) is 12.7. The number of nitrogens with one attached hydrogen (secondary N) is 1. The van der Waals surface area contributed by atoms with Gasteiger partial charge in [-0.15, -0.1) is 0 Å². The minimum Gasteiger partial charge on any atom is -0.325 e. The van der Waals surface area contributed by atoms with E-state index in [9.17, 15) is 9.59 Å². The Hall–Kier alpha value is -2.97. The lowest BCUT2D eigenvalue weighted by Gasteiger charge is -2.30. The van der Waals surface area contributed by atoms with Crippen LogP contribution in [0.5, 0.6) is 0 Å². The summed E-state index contributed by atoms with van der Waals surface area (Å²) in [7, 11) is 0. The summed E-state index contributed by atoms with van der Waals surface area (Å²) in [5.74, 6) is 0.157. The van der Waals surface area contributed by atoms with Crippen molar-refractivity contribution in [1.82, 2.24) is 4.90 Å². The zero-order chi connectivity index (χ0) is 18.4. The molecule has 0 bridgehead atoms. The number of piperidine rings is 1. The lowest BCUT2D eigenvalue weighted by atomic mass is 9.89. The second-order valence-corrected chi connectivity index (χ2v) is 6.52. The Morgan fingerprint density at radius 3 is 2.31 bits per heavy atom. The van der Waals surface area contributed by atoms with Gasteiger partial charge in [-0.1, -0.05) is 30.3 Å². The molecule has 5 nitrogen and oxygen atoms in total. The molecule has 0 unspecified atom stereocenters. The summed E-state index contributed by atoms with van der Waals surface area (Å²) in [6.07, 6.45) is 1.55. The van der Waals surface area contributed by atoms with E-state index in [0.29, 0.717) is 17.8 Å². The third-order valence-corrected chi connectivity index (χ3v) is 4.68. The molecule has 2 aromatic carbocycles. The van der Waals surface area contributed by atoms with Crippen LogP contribution in [0, 0.1) is 17.2 Å². The number of rotatable bonds is 5. The van der Waals surface area contributed by atoms with Gasteiger partial charge in [0, 0.05) is 17.2 Å². The molecule has 0 spiro atoms. The Morgan fingerprint density at radius 2 is 1.69 bits per heavy atom. The van der Waals surface area contributed by atoms with Gasteiger partial charge in [0.1, 0.15) is 0 Å². The fourth-order valence-corrected chi connectivity index (χ4v) is 3.22. The third kappa shape index (κ3) is 4.56. The van der Waals surface area contributed by atoms with E-state index >= 15 is 0 Å². The van der Waals surface area contributed by atoms with Gasteiger partial charge in [-0.2, -0.15) is 5.26 Å². The number of benzene rings is 2. The van der Waals surface area contributed by atoms with Crippen molar-refractivity contribution >= 4 is 17.4 Å². The van der Waals surface area contributed by atoms with Gasteiger partial charge in [0.15, 0.2) is 5.78 Å². The van der Waals surface area contributed by atoms with Crippen molar-refractivity contribution in [2.75, 3.05) is 25.0 Å². The Balaban J connectivity index is 1.47. The van der Waals surface area contributed by atoms with Gasteiger partial charge >= 0.3 is 0 Å². The number of anilines is 1. The monoisotopic (exact) mass is 347 g/mol. The van der Waals surface area contributed by atoms with Gasteiger partial charge in [-0.25, -0.2) is 0 Å². The SMILES string of the molecule is N#Cc1ccc(NC(=O)CN2CCC(C(=O)c3ccccc3)CC2)cc1. The highest BCUT2D eigenvalue weighted by atomic mass is 16.2. The van der Waals surface area contributed by atoms with Gasteiger partial charge in [-0.05, 0) is 50.2 Å². The van der Waals surface area contributed by atoms with Gasteiger partial charge in [0.2, 0.25) is 5.91 Å². The molecule has 26 heavy (non-hydrogen) atoms. The maximum atomic E-state index is 12.5. The van der Waals surface area contributed by atoms with Crippen LogP contribution in [0.3, 0.4) is 0 Å². The molecule has 1 N–H and O–H groups in total. The summed E-state index contributed by atoms with van der Waals surface area (Å²) in [5, 5.41) is 11.6. The minimum atomic E-state index is -0.0810. The normalized spacial score (nSPS) is 15.2. The highest BCUT2D eigenvalue weighted by Crippen LogP contribution is 2.21. The van der Waals surface area contributed by atoms with E-state index in [1.54, 1.807) is 24.3 Å². The van der Waals surface area contributed by atoms with Crippen molar-refractivity contribution in [3.8, 4) is 6.07 Å². The summed E-state index contributed by atoms with van der Waals surface area (Å²) in [4.78, 5) is 26.8. The van der Waals surface area contributed by atoms with Crippen LogP contribution in [0.1, 0.15) is 28.8 Å². The molecule has 0 saturated carbocycles. The highest BCUT2D eigenvalue weighted by molar-refractivity contribution is 5.98. The molecule has 1 saturated heterocycles. The first kappa shape index (κ1) is 17.8. The van der Waals surface area contributed by atoms with Crippen LogP contribution < -0.4 is 5.32 Å². The number of ketones is 1. The molecule has 1 heterocycles. The predicted octanol–water partition coefficient (Wildman–Crippen LogP) is 3.09. The summed E-state index contributed by atoms with van der Waals surface area (Å²) in [5.41, 5.74) is 2.01. The molecule has 0 aromatic heterocycles. The number of carbonyl (C=O) groups excluding carboxylic acids is 2. The number of amides is 1. The fraction of sp³-hybridized carbons (Fsp3) is 0.286. The van der Waals surface area contributed by atoms with Crippen molar-refractivity contribution in [2.45, 2.75) is 12.8 Å². The van der Waals surface area contributed by atoms with Gasteiger partial charge in [0.25, 0.3) is 0 Å². The van der Waals surface area contributed by atoms with Crippen LogP contribution in [0.4, 0.5) is 5.69 Å². The van der Waals surface area contributed by atoms with Crippen molar-refractivity contribution in [1.29, 1.82) is 5.26 Å². The maximum absolute atomic E-state index is 12.5. The van der Waals surface area contributed by atoms with Gasteiger partial charge < -0.3 is 5.32 Å². The van der Waals surface area contributed by atoms with E-state index in [1.807, 2.05) is 36.4 Å². The van der Waals surface area contributed by atoms with E-state index in [0.717, 1.165) is 31.5 Å². The second-order valence-electron chi connectivity index (χ2n) is 6.52. The number of hydrogen-bond acceptors (Lipinski definition) is 4. The van der Waals surface area contributed by atoms with E-state index < -0.39 is 0 Å². The van der Waals surface area contributed by atoms with Crippen molar-refractivity contribution < 1.29 is 9.59 Å². The third-order valence-electron chi connectivity index (χ3n) is 4.68. The number of likely N-dealkylation sites (tertiary alicyclic amines) is 1. The van der Waals surface area contributed by atoms with E-state index in [1.165, 1.54) is 0 Å². The van der Waals surface area contributed by atoms with Crippen LogP contribution in [0.2, 0.25) is 0 Å². The van der Waals surface area contributed by atoms with E-state index in [-0.39, 0.29) is 17.6 Å². The minimum absolute atomic E-state index is 0.0373. The van der Waals surface area contributed by atoms with Gasteiger partial charge in [0.05, 0.1) is 18.2 Å². The first-order valence-electron chi connectivity index (χ1n) is 8.77. The van der Waals surface area contributed by atoms with Crippen LogP contribution in [-0.4, -0.2) is 36.2 Å². The molecule has 0 radical (unpaired) electrons. The molecular formula is C21H21N3O2. The Labute approximate surface area is 153 Å². The molecule has 0 atom stereocenters. The Morgan fingerprint density at radius 1 is 1.04 bits per heavy atom. The number of hydrogen-bond donors (Lipinski definition) is 1. The predicted molar refractivity (Wildman–Crippen MR) is 99.7 cm³/mol. The van der Waals surface area contributed by atoms with Crippen LogP contribution >= 0.6 is 0 Å². The molecular weight excluding hydrogens is 326 g/mol. The molecule has 1 fully saturated rings. The van der Waals surface area contributed by atoms with Crippen molar-refractivity contribution in [3.63, 3.8) is 0 Å². The maximum Gasteiger partial charge on any atom is 0.238 e. The van der Waals surface area contributed by atoms with Crippen LogP contribution in [0.15, 0.2) is 54.6 Å². The molecule has 1 amide bonds. The van der Waals surface area contributed by atoms with Crippen LogP contribution in [0.25, 0.3) is 0 Å². The summed E-state index contributed by atoms with van der Waals surface area (Å²) in [6.45, 7) is 1.79. The topological polar surface area (TPSA) is 73.2 Å². The summed E-state index contributed by atoms with van der Waals surface area (Å²) >= 11 is 0. The molecule has 1 aliphatic rings. The fourth-order valence-electron chi connectivity index (χ4n) is 3.22. The molecule has 0 aliphatic carbocycles. The summed E-state index contributed by atoms with van der Waals surface area (Å²) < 4.78 is 0. The van der Waals surface area contributed by atoms with E-state index in [2.05, 4.69) is 10.2 Å². The average molecular weight is 347 g/mol. The largest absolute Gasteiger partial charge is 0.325 e.